The summed E-state index contributed by atoms with van der Waals surface area (Å²) in [6.07, 6.45) is 2.25. The van der Waals surface area contributed by atoms with Gasteiger partial charge in [0.05, 0.1) is 19.1 Å². The SMILES string of the molecule is COC(=O)C=Cc1nc(OC)ccc1[N+](=O)[O-]. The number of carbonyl (C=O) groups is 1. The normalized spacial score (nSPS) is 10.2. The molecular weight excluding hydrogens is 228 g/mol. The van der Waals surface area contributed by atoms with Crippen LogP contribution in [0, 0.1) is 10.1 Å². The zero-order valence-corrected chi connectivity index (χ0v) is 9.25. The predicted molar refractivity (Wildman–Crippen MR) is 58.5 cm³/mol. The quantitative estimate of drug-likeness (QED) is 0.338. The first-order chi connectivity index (χ1) is 8.08. The zero-order valence-electron chi connectivity index (χ0n) is 9.25. The van der Waals surface area contributed by atoms with Gasteiger partial charge in [-0.2, -0.15) is 0 Å². The third kappa shape index (κ3) is 3.26. The third-order valence-corrected chi connectivity index (χ3v) is 1.86. The van der Waals surface area contributed by atoms with Crippen molar-refractivity contribution in [3.05, 3.63) is 34.0 Å². The van der Waals surface area contributed by atoms with Crippen LogP contribution in [0.5, 0.6) is 5.88 Å². The Bertz CT molecular complexity index is 470. The summed E-state index contributed by atoms with van der Waals surface area (Å²) in [6.45, 7) is 0. The fraction of sp³-hybridized carbons (Fsp3) is 0.200. The molecule has 7 heteroatoms. The number of esters is 1. The van der Waals surface area contributed by atoms with Gasteiger partial charge in [-0.3, -0.25) is 10.1 Å². The molecule has 17 heavy (non-hydrogen) atoms. The second-order valence-corrected chi connectivity index (χ2v) is 2.87. The molecule has 0 saturated carbocycles. The zero-order chi connectivity index (χ0) is 12.8. The average Bonchev–Trinajstić information content (AvgIpc) is 2.35. The minimum Gasteiger partial charge on any atom is -0.481 e. The van der Waals surface area contributed by atoms with Crippen molar-refractivity contribution in [2.24, 2.45) is 0 Å². The Morgan fingerprint density at radius 1 is 1.47 bits per heavy atom. The number of rotatable bonds is 4. The van der Waals surface area contributed by atoms with E-state index in [1.807, 2.05) is 0 Å². The molecule has 0 N–H and O–H groups in total. The number of hydrogen-bond donors (Lipinski definition) is 0. The van der Waals surface area contributed by atoms with E-state index in [9.17, 15) is 14.9 Å². The van der Waals surface area contributed by atoms with E-state index in [-0.39, 0.29) is 17.3 Å². The average molecular weight is 238 g/mol. The van der Waals surface area contributed by atoms with Gasteiger partial charge in [-0.25, -0.2) is 9.78 Å². The molecule has 0 radical (unpaired) electrons. The molecule has 90 valence electrons. The molecule has 1 aromatic heterocycles. The molecule has 7 nitrogen and oxygen atoms in total. The van der Waals surface area contributed by atoms with Gasteiger partial charge in [-0.05, 0) is 6.08 Å². The van der Waals surface area contributed by atoms with Crippen LogP contribution in [0.15, 0.2) is 18.2 Å². The van der Waals surface area contributed by atoms with E-state index in [1.165, 1.54) is 32.4 Å². The van der Waals surface area contributed by atoms with Crippen molar-refractivity contribution in [2.75, 3.05) is 14.2 Å². The van der Waals surface area contributed by atoms with Gasteiger partial charge < -0.3 is 9.47 Å². The number of ether oxygens (including phenoxy) is 2. The third-order valence-electron chi connectivity index (χ3n) is 1.86. The Morgan fingerprint density at radius 3 is 2.71 bits per heavy atom. The molecule has 0 fully saturated rings. The van der Waals surface area contributed by atoms with E-state index < -0.39 is 10.9 Å². The van der Waals surface area contributed by atoms with Gasteiger partial charge in [0.2, 0.25) is 5.88 Å². The minimum absolute atomic E-state index is 0.0275. The molecule has 1 aromatic rings. The number of hydrogen-bond acceptors (Lipinski definition) is 6. The fourth-order valence-corrected chi connectivity index (χ4v) is 1.05. The Labute approximate surface area is 96.8 Å². The van der Waals surface area contributed by atoms with Gasteiger partial charge in [-0.15, -0.1) is 0 Å². The van der Waals surface area contributed by atoms with Gasteiger partial charge >= 0.3 is 5.97 Å². The first-order valence-electron chi connectivity index (χ1n) is 4.54. The summed E-state index contributed by atoms with van der Waals surface area (Å²) in [7, 11) is 2.60. The van der Waals surface area contributed by atoms with E-state index in [0.717, 1.165) is 6.08 Å². The Hall–Kier alpha value is -2.44. The Kier molecular flexibility index (Phi) is 4.15. The second kappa shape index (κ2) is 5.59. The maximum Gasteiger partial charge on any atom is 0.330 e. The summed E-state index contributed by atoms with van der Waals surface area (Å²) < 4.78 is 9.21. The van der Waals surface area contributed by atoms with Crippen molar-refractivity contribution >= 4 is 17.7 Å². The first-order valence-corrected chi connectivity index (χ1v) is 4.54. The number of nitrogens with zero attached hydrogens (tertiary/aromatic N) is 2. The molecule has 0 bridgehead atoms. The van der Waals surface area contributed by atoms with E-state index in [4.69, 9.17) is 4.74 Å². The predicted octanol–water partition coefficient (Wildman–Crippen LogP) is 1.18. The van der Waals surface area contributed by atoms with Crippen LogP contribution in [-0.4, -0.2) is 30.1 Å². The second-order valence-electron chi connectivity index (χ2n) is 2.87. The summed E-state index contributed by atoms with van der Waals surface area (Å²) in [4.78, 5) is 24.9. The van der Waals surface area contributed by atoms with E-state index in [2.05, 4.69) is 9.72 Å². The molecule has 0 saturated heterocycles. The van der Waals surface area contributed by atoms with Crippen molar-refractivity contribution < 1.29 is 19.2 Å². The van der Waals surface area contributed by atoms with E-state index >= 15 is 0 Å². The fourth-order valence-electron chi connectivity index (χ4n) is 1.05. The van der Waals surface area contributed by atoms with Crippen LogP contribution < -0.4 is 4.74 Å². The molecule has 0 aliphatic carbocycles. The lowest BCUT2D eigenvalue weighted by atomic mass is 10.2. The molecule has 0 amide bonds. The molecule has 1 heterocycles. The Balaban J connectivity index is 3.13. The Morgan fingerprint density at radius 2 is 2.18 bits per heavy atom. The number of aromatic nitrogens is 1. The molecule has 0 aliphatic rings. The molecule has 1 rings (SSSR count). The van der Waals surface area contributed by atoms with Crippen LogP contribution >= 0.6 is 0 Å². The lowest BCUT2D eigenvalue weighted by molar-refractivity contribution is -0.385. The molecule has 0 aromatic carbocycles. The highest BCUT2D eigenvalue weighted by atomic mass is 16.6. The maximum absolute atomic E-state index is 10.9. The largest absolute Gasteiger partial charge is 0.481 e. The van der Waals surface area contributed by atoms with Crippen LogP contribution in [0.2, 0.25) is 0 Å². The summed E-state index contributed by atoms with van der Waals surface area (Å²) in [6, 6.07) is 2.62. The summed E-state index contributed by atoms with van der Waals surface area (Å²) >= 11 is 0. The van der Waals surface area contributed by atoms with Crippen molar-refractivity contribution in [3.63, 3.8) is 0 Å². The van der Waals surface area contributed by atoms with Gasteiger partial charge in [0.1, 0.15) is 5.69 Å². The number of carbonyl (C=O) groups excluding carboxylic acids is 1. The van der Waals surface area contributed by atoms with Crippen molar-refractivity contribution in [2.45, 2.75) is 0 Å². The van der Waals surface area contributed by atoms with Crippen molar-refractivity contribution in [1.29, 1.82) is 0 Å². The smallest absolute Gasteiger partial charge is 0.330 e. The van der Waals surface area contributed by atoms with Gasteiger partial charge in [0.15, 0.2) is 0 Å². The lowest BCUT2D eigenvalue weighted by Gasteiger charge is -2.00. The van der Waals surface area contributed by atoms with Gasteiger partial charge in [0, 0.05) is 18.2 Å². The highest BCUT2D eigenvalue weighted by molar-refractivity contribution is 5.87. The molecular formula is C10H10N2O5. The standard InChI is InChI=1S/C10H10N2O5/c1-16-9-5-4-8(12(14)15)7(11-9)3-6-10(13)17-2/h3-6H,1-2H3. The first kappa shape index (κ1) is 12.6. The lowest BCUT2D eigenvalue weighted by Crippen LogP contribution is -1.98. The molecule has 0 aliphatic heterocycles. The van der Waals surface area contributed by atoms with Gasteiger partial charge in [-0.1, -0.05) is 0 Å². The number of methoxy groups -OCH3 is 2. The van der Waals surface area contributed by atoms with Crippen LogP contribution in [-0.2, 0) is 9.53 Å². The van der Waals surface area contributed by atoms with Crippen LogP contribution in [0.25, 0.3) is 6.08 Å². The van der Waals surface area contributed by atoms with Crippen molar-refractivity contribution in [1.82, 2.24) is 4.98 Å². The molecule has 0 unspecified atom stereocenters. The van der Waals surface area contributed by atoms with Crippen LogP contribution in [0.4, 0.5) is 5.69 Å². The van der Waals surface area contributed by atoms with Gasteiger partial charge in [0.25, 0.3) is 5.69 Å². The highest BCUT2D eigenvalue weighted by Crippen LogP contribution is 2.21. The number of nitro groups is 1. The van der Waals surface area contributed by atoms with E-state index in [0.29, 0.717) is 0 Å². The monoisotopic (exact) mass is 238 g/mol. The summed E-state index contributed by atoms with van der Waals surface area (Å²) in [5.41, 5.74) is -0.189. The minimum atomic E-state index is -0.621. The van der Waals surface area contributed by atoms with Crippen LogP contribution in [0.3, 0.4) is 0 Å². The van der Waals surface area contributed by atoms with E-state index in [1.54, 1.807) is 0 Å². The molecule has 0 spiro atoms. The maximum atomic E-state index is 10.9. The summed E-state index contributed by atoms with van der Waals surface area (Å²) in [5, 5.41) is 10.7. The van der Waals surface area contributed by atoms with Crippen LogP contribution in [0.1, 0.15) is 5.69 Å². The molecule has 0 atom stereocenters. The topological polar surface area (TPSA) is 91.6 Å². The summed E-state index contributed by atoms with van der Waals surface area (Å²) in [5.74, 6) is -0.399. The van der Waals surface area contributed by atoms with Crippen molar-refractivity contribution in [3.8, 4) is 5.88 Å². The highest BCUT2D eigenvalue weighted by Gasteiger charge is 2.14. The number of pyridine rings is 1.